The Balaban J connectivity index is 2.20. The number of carbonyl (C=O) groups is 1. The number of aromatic carboxylic acids is 1. The van der Waals surface area contributed by atoms with E-state index in [1.807, 2.05) is 13.0 Å². The number of benzene rings is 2. The average molecular weight is 324 g/mol. The molecule has 0 heterocycles. The highest BCUT2D eigenvalue weighted by atomic mass is 35.5. The molecule has 0 aliphatic carbocycles. The third-order valence-electron chi connectivity index (χ3n) is 3.22. The van der Waals surface area contributed by atoms with Gasteiger partial charge in [0.1, 0.15) is 0 Å². The van der Waals surface area contributed by atoms with Crippen molar-refractivity contribution in [3.63, 3.8) is 0 Å². The molecule has 0 bridgehead atoms. The first-order valence-electron chi connectivity index (χ1n) is 6.56. The summed E-state index contributed by atoms with van der Waals surface area (Å²) in [5.74, 6) is -0.936. The van der Waals surface area contributed by atoms with Gasteiger partial charge in [-0.3, -0.25) is 0 Å². The number of nitrogens with one attached hydrogen (secondary N) is 1. The Morgan fingerprint density at radius 1 is 1.19 bits per heavy atom. The SMILES string of the molecule is CCC(Nc1ccc(C(=O)O)cc1)c1ccc(Cl)cc1Cl. The molecule has 5 heteroatoms. The smallest absolute Gasteiger partial charge is 0.335 e. The fraction of sp³-hybridized carbons (Fsp3) is 0.188. The minimum atomic E-state index is -0.936. The number of anilines is 1. The summed E-state index contributed by atoms with van der Waals surface area (Å²) in [4.78, 5) is 10.8. The van der Waals surface area contributed by atoms with Gasteiger partial charge in [-0.2, -0.15) is 0 Å². The molecule has 0 aliphatic heterocycles. The van der Waals surface area contributed by atoms with Gasteiger partial charge in [0.2, 0.25) is 0 Å². The van der Waals surface area contributed by atoms with Crippen molar-refractivity contribution in [3.8, 4) is 0 Å². The Morgan fingerprint density at radius 2 is 1.86 bits per heavy atom. The Bertz CT molecular complexity index is 641. The minimum absolute atomic E-state index is 0.0328. The van der Waals surface area contributed by atoms with E-state index in [9.17, 15) is 4.79 Å². The largest absolute Gasteiger partial charge is 0.478 e. The molecular weight excluding hydrogens is 309 g/mol. The van der Waals surface area contributed by atoms with Crippen LogP contribution < -0.4 is 5.32 Å². The highest BCUT2D eigenvalue weighted by Crippen LogP contribution is 2.30. The number of hydrogen-bond acceptors (Lipinski definition) is 2. The summed E-state index contributed by atoms with van der Waals surface area (Å²) in [5.41, 5.74) is 2.07. The molecule has 1 atom stereocenters. The van der Waals surface area contributed by atoms with E-state index in [4.69, 9.17) is 28.3 Å². The van der Waals surface area contributed by atoms with Crippen molar-refractivity contribution in [3.05, 3.63) is 63.6 Å². The summed E-state index contributed by atoms with van der Waals surface area (Å²) in [7, 11) is 0. The summed E-state index contributed by atoms with van der Waals surface area (Å²) in [6, 6.07) is 12.1. The molecule has 0 amide bonds. The first kappa shape index (κ1) is 15.7. The van der Waals surface area contributed by atoms with Crippen LogP contribution in [0.3, 0.4) is 0 Å². The summed E-state index contributed by atoms with van der Waals surface area (Å²) >= 11 is 12.1. The van der Waals surface area contributed by atoms with E-state index in [0.717, 1.165) is 17.7 Å². The molecule has 110 valence electrons. The van der Waals surface area contributed by atoms with Crippen LogP contribution in [-0.4, -0.2) is 11.1 Å². The summed E-state index contributed by atoms with van der Waals surface area (Å²) < 4.78 is 0. The van der Waals surface area contributed by atoms with Gasteiger partial charge in [-0.25, -0.2) is 4.79 Å². The predicted molar refractivity (Wildman–Crippen MR) is 86.5 cm³/mol. The molecule has 0 aromatic heterocycles. The molecule has 1 unspecified atom stereocenters. The maximum atomic E-state index is 10.8. The second kappa shape index (κ2) is 6.83. The maximum absolute atomic E-state index is 10.8. The van der Waals surface area contributed by atoms with E-state index < -0.39 is 5.97 Å². The van der Waals surface area contributed by atoms with Gasteiger partial charge in [-0.15, -0.1) is 0 Å². The van der Waals surface area contributed by atoms with E-state index in [2.05, 4.69) is 5.32 Å². The van der Waals surface area contributed by atoms with Gasteiger partial charge in [0.05, 0.1) is 11.6 Å². The fourth-order valence-electron chi connectivity index (χ4n) is 2.09. The van der Waals surface area contributed by atoms with Crippen molar-refractivity contribution in [1.29, 1.82) is 0 Å². The topological polar surface area (TPSA) is 49.3 Å². The van der Waals surface area contributed by atoms with Crippen LogP contribution in [-0.2, 0) is 0 Å². The van der Waals surface area contributed by atoms with Crippen LogP contribution in [0.15, 0.2) is 42.5 Å². The summed E-state index contributed by atoms with van der Waals surface area (Å²) in [6.45, 7) is 2.05. The standard InChI is InChI=1S/C16H15Cl2NO2/c1-2-15(13-8-5-11(17)9-14(13)18)19-12-6-3-10(4-7-12)16(20)21/h3-9,15,19H,2H2,1H3,(H,20,21). The van der Waals surface area contributed by atoms with Crippen molar-refractivity contribution >= 4 is 34.9 Å². The lowest BCUT2D eigenvalue weighted by molar-refractivity contribution is 0.0697. The molecule has 0 saturated carbocycles. The van der Waals surface area contributed by atoms with Crippen LogP contribution in [0.4, 0.5) is 5.69 Å². The Kier molecular flexibility index (Phi) is 5.10. The van der Waals surface area contributed by atoms with Crippen molar-refractivity contribution in [2.75, 3.05) is 5.32 Å². The monoisotopic (exact) mass is 323 g/mol. The normalized spacial score (nSPS) is 12.0. The predicted octanol–water partition coefficient (Wildman–Crippen LogP) is 5.25. The summed E-state index contributed by atoms with van der Waals surface area (Å²) in [5, 5.41) is 13.5. The van der Waals surface area contributed by atoms with Gasteiger partial charge in [-0.05, 0) is 48.4 Å². The number of carboxylic acid groups (broad SMARTS) is 1. The van der Waals surface area contributed by atoms with Crippen LogP contribution in [0.5, 0.6) is 0 Å². The van der Waals surface area contributed by atoms with Crippen LogP contribution >= 0.6 is 23.2 Å². The van der Waals surface area contributed by atoms with Crippen LogP contribution in [0.25, 0.3) is 0 Å². The third-order valence-corrected chi connectivity index (χ3v) is 3.78. The molecule has 2 rings (SSSR count). The van der Waals surface area contributed by atoms with Crippen LogP contribution in [0.1, 0.15) is 35.3 Å². The number of hydrogen-bond donors (Lipinski definition) is 2. The molecular formula is C16H15Cl2NO2. The lowest BCUT2D eigenvalue weighted by atomic mass is 10.0. The second-order valence-corrected chi connectivity index (χ2v) is 5.50. The van der Waals surface area contributed by atoms with E-state index in [1.54, 1.807) is 36.4 Å². The quantitative estimate of drug-likeness (QED) is 0.789. The Hall–Kier alpha value is -1.71. The molecule has 3 nitrogen and oxygen atoms in total. The molecule has 21 heavy (non-hydrogen) atoms. The average Bonchev–Trinajstić information content (AvgIpc) is 2.46. The molecule has 2 N–H and O–H groups in total. The van der Waals surface area contributed by atoms with Gasteiger partial charge >= 0.3 is 5.97 Å². The van der Waals surface area contributed by atoms with Crippen molar-refractivity contribution in [1.82, 2.24) is 0 Å². The number of carboxylic acids is 1. The first-order valence-corrected chi connectivity index (χ1v) is 7.31. The number of rotatable bonds is 5. The first-order chi connectivity index (χ1) is 10.0. The van der Waals surface area contributed by atoms with Gasteiger partial charge < -0.3 is 10.4 Å². The molecule has 0 fully saturated rings. The lowest BCUT2D eigenvalue weighted by Crippen LogP contribution is -2.10. The maximum Gasteiger partial charge on any atom is 0.335 e. The van der Waals surface area contributed by atoms with Gasteiger partial charge in [0, 0.05) is 15.7 Å². The fourth-order valence-corrected chi connectivity index (χ4v) is 2.63. The Morgan fingerprint density at radius 3 is 2.38 bits per heavy atom. The van der Waals surface area contributed by atoms with E-state index >= 15 is 0 Å². The molecule has 2 aromatic rings. The van der Waals surface area contributed by atoms with Crippen molar-refractivity contribution < 1.29 is 9.90 Å². The Labute approximate surface area is 133 Å². The zero-order valence-electron chi connectivity index (χ0n) is 11.4. The molecule has 0 radical (unpaired) electrons. The van der Waals surface area contributed by atoms with Gasteiger partial charge in [0.15, 0.2) is 0 Å². The highest BCUT2D eigenvalue weighted by molar-refractivity contribution is 6.35. The van der Waals surface area contributed by atoms with Crippen molar-refractivity contribution in [2.24, 2.45) is 0 Å². The van der Waals surface area contributed by atoms with E-state index in [1.165, 1.54) is 0 Å². The molecule has 0 aliphatic rings. The zero-order chi connectivity index (χ0) is 15.4. The molecule has 2 aromatic carbocycles. The zero-order valence-corrected chi connectivity index (χ0v) is 12.9. The molecule has 0 spiro atoms. The minimum Gasteiger partial charge on any atom is -0.478 e. The van der Waals surface area contributed by atoms with E-state index in [0.29, 0.717) is 10.0 Å². The van der Waals surface area contributed by atoms with Gasteiger partial charge in [0.25, 0.3) is 0 Å². The van der Waals surface area contributed by atoms with Crippen molar-refractivity contribution in [2.45, 2.75) is 19.4 Å². The molecule has 0 saturated heterocycles. The summed E-state index contributed by atoms with van der Waals surface area (Å²) in [6.07, 6.45) is 0.835. The van der Waals surface area contributed by atoms with E-state index in [-0.39, 0.29) is 11.6 Å². The van der Waals surface area contributed by atoms with Gasteiger partial charge in [-0.1, -0.05) is 36.2 Å². The number of halogens is 2. The highest BCUT2D eigenvalue weighted by Gasteiger charge is 2.13. The third kappa shape index (κ3) is 3.90. The second-order valence-electron chi connectivity index (χ2n) is 4.65. The van der Waals surface area contributed by atoms with Crippen LogP contribution in [0.2, 0.25) is 10.0 Å². The lowest BCUT2D eigenvalue weighted by Gasteiger charge is -2.20. The van der Waals surface area contributed by atoms with Crippen LogP contribution in [0, 0.1) is 0 Å².